The Kier molecular flexibility index (Phi) is 4.88. The maximum Gasteiger partial charge on any atom is 0.333 e. The zero-order valence-electron chi connectivity index (χ0n) is 14.8. The van der Waals surface area contributed by atoms with Gasteiger partial charge in [0.1, 0.15) is 5.82 Å². The molecule has 2 atom stereocenters. The van der Waals surface area contributed by atoms with E-state index in [-0.39, 0.29) is 11.8 Å². The third-order valence-corrected chi connectivity index (χ3v) is 4.63. The second-order valence-corrected chi connectivity index (χ2v) is 6.57. The van der Waals surface area contributed by atoms with Crippen molar-refractivity contribution in [2.75, 3.05) is 7.11 Å². The van der Waals surface area contributed by atoms with Gasteiger partial charge in [-0.15, -0.1) is 0 Å². The van der Waals surface area contributed by atoms with Gasteiger partial charge in [0.15, 0.2) is 6.04 Å². The maximum absolute atomic E-state index is 12.8. The number of aryl methyl sites for hydroxylation is 3. The van der Waals surface area contributed by atoms with Crippen LogP contribution in [-0.2, 0) is 27.2 Å². The van der Waals surface area contributed by atoms with Crippen molar-refractivity contribution >= 4 is 11.9 Å². The summed E-state index contributed by atoms with van der Waals surface area (Å²) in [6.45, 7) is 3.86. The Hall–Kier alpha value is -2.63. The number of carbonyl (C=O) groups excluding carboxylic acids is 2. The summed E-state index contributed by atoms with van der Waals surface area (Å²) >= 11 is 0. The number of nitrogens with one attached hydrogen (secondary N) is 2. The summed E-state index contributed by atoms with van der Waals surface area (Å²) in [7, 11) is 1.33. The largest absolute Gasteiger partial charge is 0.467 e. The fraction of sp³-hybridized carbons (Fsp3) is 0.421. The van der Waals surface area contributed by atoms with Gasteiger partial charge in [-0.1, -0.05) is 29.8 Å². The molecule has 0 saturated heterocycles. The Labute approximate surface area is 147 Å². The molecule has 3 rings (SSSR count). The lowest BCUT2D eigenvalue weighted by Gasteiger charge is -2.24. The standard InChI is InChI=1S/C19H23N3O3/c1-11-5-4-6-13(9-11)17(19(24)25-3)22-18(23)14-7-8-15-16(10-14)21-12(2)20-15/h4-6,9,14,17H,7-8,10H2,1-3H3,(H,20,21)(H,22,23). The number of aromatic amines is 1. The van der Waals surface area contributed by atoms with E-state index < -0.39 is 12.0 Å². The number of imidazole rings is 1. The van der Waals surface area contributed by atoms with Gasteiger partial charge in [0, 0.05) is 18.0 Å². The van der Waals surface area contributed by atoms with Gasteiger partial charge in [-0.2, -0.15) is 0 Å². The summed E-state index contributed by atoms with van der Waals surface area (Å²) in [5, 5.41) is 2.87. The molecule has 0 saturated carbocycles. The summed E-state index contributed by atoms with van der Waals surface area (Å²) in [5.74, 6) is 0.102. The molecule has 6 nitrogen and oxygen atoms in total. The Morgan fingerprint density at radius 3 is 2.88 bits per heavy atom. The number of methoxy groups -OCH3 is 1. The molecule has 0 fully saturated rings. The average Bonchev–Trinajstić information content (AvgIpc) is 2.97. The van der Waals surface area contributed by atoms with E-state index in [4.69, 9.17) is 4.74 Å². The number of rotatable bonds is 4. The lowest BCUT2D eigenvalue weighted by molar-refractivity contribution is -0.145. The number of esters is 1. The molecular weight excluding hydrogens is 318 g/mol. The van der Waals surface area contributed by atoms with E-state index in [1.165, 1.54) is 7.11 Å². The third kappa shape index (κ3) is 3.73. The van der Waals surface area contributed by atoms with Gasteiger partial charge in [0.25, 0.3) is 0 Å². The van der Waals surface area contributed by atoms with Gasteiger partial charge in [0.2, 0.25) is 5.91 Å². The molecule has 0 spiro atoms. The van der Waals surface area contributed by atoms with Gasteiger partial charge >= 0.3 is 5.97 Å². The minimum atomic E-state index is -0.790. The molecule has 1 amide bonds. The number of aromatic nitrogens is 2. The van der Waals surface area contributed by atoms with Crippen molar-refractivity contribution in [1.82, 2.24) is 15.3 Å². The third-order valence-electron chi connectivity index (χ3n) is 4.63. The molecule has 1 aliphatic carbocycles. The van der Waals surface area contributed by atoms with E-state index in [1.807, 2.05) is 38.1 Å². The predicted molar refractivity (Wildman–Crippen MR) is 92.9 cm³/mol. The molecule has 0 aliphatic heterocycles. The highest BCUT2D eigenvalue weighted by Gasteiger charge is 2.31. The highest BCUT2D eigenvalue weighted by atomic mass is 16.5. The Bertz CT molecular complexity index is 797. The first-order valence-electron chi connectivity index (χ1n) is 8.47. The van der Waals surface area contributed by atoms with Crippen LogP contribution in [0.5, 0.6) is 0 Å². The van der Waals surface area contributed by atoms with Gasteiger partial charge in [-0.05, 0) is 32.3 Å². The SMILES string of the molecule is COC(=O)C(NC(=O)C1CCc2nc(C)[nH]c2C1)c1cccc(C)c1. The number of carbonyl (C=O) groups is 2. The van der Waals surface area contributed by atoms with E-state index >= 15 is 0 Å². The molecule has 2 aromatic rings. The number of H-pyrrole nitrogens is 1. The van der Waals surface area contributed by atoms with Crippen molar-refractivity contribution in [2.24, 2.45) is 5.92 Å². The fourth-order valence-corrected chi connectivity index (χ4v) is 3.35. The van der Waals surface area contributed by atoms with E-state index in [9.17, 15) is 9.59 Å². The van der Waals surface area contributed by atoms with Crippen molar-refractivity contribution in [3.63, 3.8) is 0 Å². The number of ether oxygens (including phenoxy) is 1. The van der Waals surface area contributed by atoms with Crippen LogP contribution in [0.2, 0.25) is 0 Å². The predicted octanol–water partition coefficient (Wildman–Crippen LogP) is 2.16. The molecule has 132 valence electrons. The number of nitrogens with zero attached hydrogens (tertiary/aromatic N) is 1. The van der Waals surface area contributed by atoms with Crippen LogP contribution >= 0.6 is 0 Å². The smallest absolute Gasteiger partial charge is 0.333 e. The molecule has 2 N–H and O–H groups in total. The molecule has 0 radical (unpaired) electrons. The van der Waals surface area contributed by atoms with Crippen LogP contribution in [0.15, 0.2) is 24.3 Å². The summed E-state index contributed by atoms with van der Waals surface area (Å²) in [6, 6.07) is 6.74. The van der Waals surface area contributed by atoms with Crippen LogP contribution < -0.4 is 5.32 Å². The second-order valence-electron chi connectivity index (χ2n) is 6.57. The van der Waals surface area contributed by atoms with E-state index in [0.717, 1.165) is 41.2 Å². The number of hydrogen-bond donors (Lipinski definition) is 2. The monoisotopic (exact) mass is 341 g/mol. The Balaban J connectivity index is 1.76. The van der Waals surface area contributed by atoms with E-state index in [1.54, 1.807) is 0 Å². The highest BCUT2D eigenvalue weighted by molar-refractivity contribution is 5.87. The number of fused-ring (bicyclic) bond motifs is 1. The first-order chi connectivity index (χ1) is 12.0. The molecule has 1 aromatic heterocycles. The van der Waals surface area contributed by atoms with Crippen LogP contribution in [0.3, 0.4) is 0 Å². The molecule has 25 heavy (non-hydrogen) atoms. The van der Waals surface area contributed by atoms with Crippen LogP contribution in [-0.4, -0.2) is 29.0 Å². The zero-order chi connectivity index (χ0) is 18.0. The highest BCUT2D eigenvalue weighted by Crippen LogP contribution is 2.25. The van der Waals surface area contributed by atoms with Crippen molar-refractivity contribution < 1.29 is 14.3 Å². The van der Waals surface area contributed by atoms with Crippen LogP contribution in [0, 0.1) is 19.8 Å². The first kappa shape index (κ1) is 17.2. The molecule has 1 aromatic carbocycles. The minimum Gasteiger partial charge on any atom is -0.467 e. The lowest BCUT2D eigenvalue weighted by atomic mass is 9.88. The molecule has 1 aliphatic rings. The number of hydrogen-bond acceptors (Lipinski definition) is 4. The average molecular weight is 341 g/mol. The molecule has 2 unspecified atom stereocenters. The topological polar surface area (TPSA) is 84.1 Å². The quantitative estimate of drug-likeness (QED) is 0.835. The number of benzene rings is 1. The van der Waals surface area contributed by atoms with Crippen molar-refractivity contribution in [3.8, 4) is 0 Å². The zero-order valence-corrected chi connectivity index (χ0v) is 14.8. The van der Waals surface area contributed by atoms with Crippen molar-refractivity contribution in [2.45, 2.75) is 39.2 Å². The first-order valence-corrected chi connectivity index (χ1v) is 8.47. The van der Waals surface area contributed by atoms with Crippen LogP contribution in [0.25, 0.3) is 0 Å². The maximum atomic E-state index is 12.8. The van der Waals surface area contributed by atoms with Gasteiger partial charge in [0.05, 0.1) is 12.8 Å². The summed E-state index contributed by atoms with van der Waals surface area (Å²) in [5.41, 5.74) is 3.82. The molecular formula is C19H23N3O3. The molecule has 0 bridgehead atoms. The summed E-state index contributed by atoms with van der Waals surface area (Å²) < 4.78 is 4.88. The summed E-state index contributed by atoms with van der Waals surface area (Å²) in [4.78, 5) is 32.6. The fourth-order valence-electron chi connectivity index (χ4n) is 3.35. The molecule has 1 heterocycles. The Morgan fingerprint density at radius 2 is 2.16 bits per heavy atom. The Morgan fingerprint density at radius 1 is 1.36 bits per heavy atom. The minimum absolute atomic E-state index is 0.130. The van der Waals surface area contributed by atoms with Crippen LogP contribution in [0.1, 0.15) is 40.8 Å². The van der Waals surface area contributed by atoms with Gasteiger partial charge in [-0.3, -0.25) is 4.79 Å². The van der Waals surface area contributed by atoms with E-state index in [0.29, 0.717) is 6.42 Å². The lowest BCUT2D eigenvalue weighted by Crippen LogP contribution is -2.40. The van der Waals surface area contributed by atoms with Crippen LogP contribution in [0.4, 0.5) is 0 Å². The van der Waals surface area contributed by atoms with Gasteiger partial charge < -0.3 is 15.0 Å². The second kappa shape index (κ2) is 7.09. The van der Waals surface area contributed by atoms with Gasteiger partial charge in [-0.25, -0.2) is 9.78 Å². The number of amides is 1. The summed E-state index contributed by atoms with van der Waals surface area (Å²) in [6.07, 6.45) is 2.11. The van der Waals surface area contributed by atoms with E-state index in [2.05, 4.69) is 15.3 Å². The molecule has 6 heteroatoms. The van der Waals surface area contributed by atoms with Crippen molar-refractivity contribution in [3.05, 3.63) is 52.6 Å². The normalized spacial score (nSPS) is 17.5. The van der Waals surface area contributed by atoms with Crippen molar-refractivity contribution in [1.29, 1.82) is 0 Å².